The van der Waals surface area contributed by atoms with Crippen LogP contribution >= 0.6 is 0 Å². The molecule has 1 fully saturated rings. The Bertz CT molecular complexity index is 292. The number of aliphatic hydroxyl groups excluding tert-OH is 1. The summed E-state index contributed by atoms with van der Waals surface area (Å²) in [5.41, 5.74) is 0. The number of carboxylic acid groups (broad SMARTS) is 1. The normalized spacial score (nSPS) is 15.8. The minimum atomic E-state index is -0.882. The van der Waals surface area contributed by atoms with Crippen molar-refractivity contribution in [3.05, 3.63) is 0 Å². The summed E-state index contributed by atoms with van der Waals surface area (Å²) in [6.45, 7) is 3.38. The maximum absolute atomic E-state index is 12.0. The van der Waals surface area contributed by atoms with Crippen molar-refractivity contribution in [2.24, 2.45) is 0 Å². The van der Waals surface area contributed by atoms with E-state index in [1.807, 2.05) is 0 Å². The Morgan fingerprint density at radius 3 is 2.47 bits per heavy atom. The summed E-state index contributed by atoms with van der Waals surface area (Å²) in [7, 11) is 0. The molecule has 0 saturated carbocycles. The number of morpholine rings is 1. The van der Waals surface area contributed by atoms with Gasteiger partial charge >= 0.3 is 5.97 Å². The summed E-state index contributed by atoms with van der Waals surface area (Å²) in [5, 5.41) is 17.5. The molecule has 1 aliphatic rings. The Labute approximate surface area is 112 Å². The molecule has 0 aromatic carbocycles. The molecule has 19 heavy (non-hydrogen) atoms. The summed E-state index contributed by atoms with van der Waals surface area (Å²) >= 11 is 0. The first-order valence-electron chi connectivity index (χ1n) is 6.54. The van der Waals surface area contributed by atoms with Crippen molar-refractivity contribution in [2.75, 3.05) is 52.5 Å². The van der Waals surface area contributed by atoms with Crippen LogP contribution in [0.25, 0.3) is 0 Å². The molecule has 0 bridgehead atoms. The van der Waals surface area contributed by atoms with Gasteiger partial charge in [0.25, 0.3) is 0 Å². The first kappa shape index (κ1) is 15.9. The maximum Gasteiger partial charge on any atom is 0.304 e. The summed E-state index contributed by atoms with van der Waals surface area (Å²) in [4.78, 5) is 26.1. The maximum atomic E-state index is 12.0. The predicted molar refractivity (Wildman–Crippen MR) is 67.8 cm³/mol. The average molecular weight is 274 g/mol. The van der Waals surface area contributed by atoms with Gasteiger partial charge < -0.3 is 19.8 Å². The lowest BCUT2D eigenvalue weighted by Crippen LogP contribution is -2.46. The highest BCUT2D eigenvalue weighted by Gasteiger charge is 2.19. The van der Waals surface area contributed by atoms with Crippen molar-refractivity contribution in [2.45, 2.75) is 12.8 Å². The van der Waals surface area contributed by atoms with Crippen LogP contribution in [0, 0.1) is 0 Å². The fraction of sp³-hybridized carbons (Fsp3) is 0.833. The van der Waals surface area contributed by atoms with E-state index in [2.05, 4.69) is 0 Å². The zero-order valence-corrected chi connectivity index (χ0v) is 11.1. The van der Waals surface area contributed by atoms with Crippen molar-refractivity contribution >= 4 is 11.9 Å². The molecule has 0 aliphatic carbocycles. The van der Waals surface area contributed by atoms with Crippen molar-refractivity contribution in [1.82, 2.24) is 9.80 Å². The third kappa shape index (κ3) is 6.51. The predicted octanol–water partition coefficient (Wildman–Crippen LogP) is -0.996. The number of hydrogen-bond donors (Lipinski definition) is 2. The minimum Gasteiger partial charge on any atom is -0.481 e. The molecule has 1 aliphatic heterocycles. The molecule has 0 radical (unpaired) electrons. The molecule has 1 amide bonds. The second-order valence-corrected chi connectivity index (χ2v) is 4.49. The van der Waals surface area contributed by atoms with Gasteiger partial charge in [-0.25, -0.2) is 0 Å². The molecule has 1 rings (SSSR count). The Morgan fingerprint density at radius 1 is 1.21 bits per heavy atom. The van der Waals surface area contributed by atoms with E-state index in [9.17, 15) is 9.59 Å². The minimum absolute atomic E-state index is 0.00181. The van der Waals surface area contributed by atoms with Gasteiger partial charge in [0.1, 0.15) is 0 Å². The van der Waals surface area contributed by atoms with Gasteiger partial charge in [0.15, 0.2) is 0 Å². The standard InChI is InChI=1S/C12H22N2O5/c15-7-1-3-13(4-2-12(17)18)10-11(16)14-5-8-19-9-6-14/h15H,1-10H2,(H,17,18). The summed E-state index contributed by atoms with van der Waals surface area (Å²) in [6, 6.07) is 0. The van der Waals surface area contributed by atoms with Crippen LogP contribution in [0.5, 0.6) is 0 Å². The molecule has 0 aromatic rings. The van der Waals surface area contributed by atoms with Crippen molar-refractivity contribution in [1.29, 1.82) is 0 Å². The van der Waals surface area contributed by atoms with Gasteiger partial charge in [-0.15, -0.1) is 0 Å². The summed E-state index contributed by atoms with van der Waals surface area (Å²) in [5.74, 6) is -0.889. The highest BCUT2D eigenvalue weighted by Crippen LogP contribution is 2.01. The van der Waals surface area contributed by atoms with Crippen LogP contribution < -0.4 is 0 Å². The largest absolute Gasteiger partial charge is 0.481 e. The van der Waals surface area contributed by atoms with E-state index >= 15 is 0 Å². The van der Waals surface area contributed by atoms with Gasteiger partial charge in [-0.1, -0.05) is 0 Å². The fourth-order valence-electron chi connectivity index (χ4n) is 1.92. The molecule has 2 N–H and O–H groups in total. The quantitative estimate of drug-likeness (QED) is 0.590. The number of aliphatic hydroxyl groups is 1. The van der Waals surface area contributed by atoms with Crippen LogP contribution in [0.4, 0.5) is 0 Å². The SMILES string of the molecule is O=C(O)CCN(CCCO)CC(=O)N1CCOCC1. The van der Waals surface area contributed by atoms with Gasteiger partial charge in [-0.3, -0.25) is 14.5 Å². The van der Waals surface area contributed by atoms with Crippen LogP contribution in [-0.4, -0.2) is 84.4 Å². The molecule has 0 spiro atoms. The van der Waals surface area contributed by atoms with E-state index in [0.717, 1.165) is 0 Å². The molecular weight excluding hydrogens is 252 g/mol. The zero-order chi connectivity index (χ0) is 14.1. The van der Waals surface area contributed by atoms with E-state index in [4.69, 9.17) is 14.9 Å². The Kier molecular flexibility index (Phi) is 7.39. The second-order valence-electron chi connectivity index (χ2n) is 4.49. The van der Waals surface area contributed by atoms with E-state index in [0.29, 0.717) is 45.8 Å². The highest BCUT2D eigenvalue weighted by molar-refractivity contribution is 5.78. The Morgan fingerprint density at radius 2 is 1.89 bits per heavy atom. The molecule has 7 nitrogen and oxygen atoms in total. The Balaban J connectivity index is 2.39. The first-order chi connectivity index (χ1) is 9.13. The molecule has 1 saturated heterocycles. The number of nitrogens with zero attached hydrogens (tertiary/aromatic N) is 2. The molecule has 1 heterocycles. The number of carbonyl (C=O) groups excluding carboxylic acids is 1. The van der Waals surface area contributed by atoms with Gasteiger partial charge in [0.05, 0.1) is 26.2 Å². The van der Waals surface area contributed by atoms with Gasteiger partial charge in [0, 0.05) is 32.8 Å². The van der Waals surface area contributed by atoms with E-state index in [-0.39, 0.29) is 25.5 Å². The van der Waals surface area contributed by atoms with Crippen molar-refractivity contribution < 1.29 is 24.5 Å². The first-order valence-corrected chi connectivity index (χ1v) is 6.54. The highest BCUT2D eigenvalue weighted by atomic mass is 16.5. The average Bonchev–Trinajstić information content (AvgIpc) is 2.42. The lowest BCUT2D eigenvalue weighted by Gasteiger charge is -2.29. The monoisotopic (exact) mass is 274 g/mol. The van der Waals surface area contributed by atoms with Crippen LogP contribution in [0.15, 0.2) is 0 Å². The number of amides is 1. The topological polar surface area (TPSA) is 90.3 Å². The molecule has 110 valence electrons. The Hall–Kier alpha value is -1.18. The molecule has 0 unspecified atom stereocenters. The number of carbonyl (C=O) groups is 2. The van der Waals surface area contributed by atoms with Gasteiger partial charge in [0.2, 0.25) is 5.91 Å². The molecule has 0 aromatic heterocycles. The lowest BCUT2D eigenvalue weighted by molar-refractivity contribution is -0.139. The third-order valence-corrected chi connectivity index (χ3v) is 3.00. The summed E-state index contributed by atoms with van der Waals surface area (Å²) in [6.07, 6.45) is 0.540. The molecule has 0 atom stereocenters. The van der Waals surface area contributed by atoms with Gasteiger partial charge in [-0.2, -0.15) is 0 Å². The molecule has 7 heteroatoms. The number of rotatable bonds is 8. The van der Waals surface area contributed by atoms with E-state index in [1.165, 1.54) is 0 Å². The van der Waals surface area contributed by atoms with Crippen LogP contribution in [0.1, 0.15) is 12.8 Å². The van der Waals surface area contributed by atoms with Crippen LogP contribution in [0.3, 0.4) is 0 Å². The number of ether oxygens (including phenoxy) is 1. The van der Waals surface area contributed by atoms with Crippen LogP contribution in [0.2, 0.25) is 0 Å². The van der Waals surface area contributed by atoms with Gasteiger partial charge in [-0.05, 0) is 6.42 Å². The second kappa shape index (κ2) is 8.84. The van der Waals surface area contributed by atoms with Crippen LogP contribution in [-0.2, 0) is 14.3 Å². The number of carboxylic acids is 1. The lowest BCUT2D eigenvalue weighted by atomic mass is 10.3. The number of aliphatic carboxylic acids is 1. The van der Waals surface area contributed by atoms with Crippen molar-refractivity contribution in [3.8, 4) is 0 Å². The van der Waals surface area contributed by atoms with E-state index in [1.54, 1.807) is 9.80 Å². The van der Waals surface area contributed by atoms with E-state index < -0.39 is 5.97 Å². The smallest absolute Gasteiger partial charge is 0.304 e. The zero-order valence-electron chi connectivity index (χ0n) is 11.1. The summed E-state index contributed by atoms with van der Waals surface area (Å²) < 4.78 is 5.18. The molecular formula is C12H22N2O5. The number of hydrogen-bond acceptors (Lipinski definition) is 5. The fourth-order valence-corrected chi connectivity index (χ4v) is 1.92. The van der Waals surface area contributed by atoms with Crippen molar-refractivity contribution in [3.63, 3.8) is 0 Å². The third-order valence-electron chi connectivity index (χ3n) is 3.00.